The molecule has 4 aliphatic rings. The van der Waals surface area contributed by atoms with E-state index in [4.69, 9.17) is 4.74 Å². The van der Waals surface area contributed by atoms with Crippen molar-refractivity contribution in [1.82, 2.24) is 0 Å². The standard InChI is InChI=1S/C18H24O2.C10H18O2/c1-18-9-8-14-13-5-3-12(19)10-11(13)2-4-15(14)16(18)6-7-17(18)20;1-9(11)12-10-7-5-3-2-4-6-8-10/h3,5,10,14-17,19-20H,2,4,6-9H2,1H3;10H,2-8H2,1H3/t14-,15-,16+,17+,18+;/m1./s1. The van der Waals surface area contributed by atoms with Gasteiger partial charge in [0.05, 0.1) is 6.10 Å². The number of carbonyl (C=O) groups excluding carboxylic acids is 1. The average molecular weight is 443 g/mol. The Morgan fingerprint density at radius 3 is 2.44 bits per heavy atom. The third-order valence-electron chi connectivity index (χ3n) is 9.04. The molecule has 4 nitrogen and oxygen atoms in total. The highest BCUT2D eigenvalue weighted by molar-refractivity contribution is 5.66. The second-order valence-corrected chi connectivity index (χ2v) is 11.0. The quantitative estimate of drug-likeness (QED) is 0.503. The van der Waals surface area contributed by atoms with Gasteiger partial charge in [-0.2, -0.15) is 0 Å². The highest BCUT2D eigenvalue weighted by Gasteiger charge is 2.54. The third kappa shape index (κ3) is 5.00. The lowest BCUT2D eigenvalue weighted by Gasteiger charge is -2.50. The molecule has 0 unspecified atom stereocenters. The molecule has 0 spiro atoms. The van der Waals surface area contributed by atoms with Crippen LogP contribution in [0.4, 0.5) is 0 Å². The lowest BCUT2D eigenvalue weighted by molar-refractivity contribution is -0.147. The minimum Gasteiger partial charge on any atom is -0.508 e. The Hall–Kier alpha value is -1.55. The number of hydrogen-bond donors (Lipinski definition) is 2. The molecule has 4 heteroatoms. The summed E-state index contributed by atoms with van der Waals surface area (Å²) in [5.41, 5.74) is 2.99. The van der Waals surface area contributed by atoms with Gasteiger partial charge in [-0.15, -0.1) is 0 Å². The van der Waals surface area contributed by atoms with Gasteiger partial charge in [0.2, 0.25) is 0 Å². The van der Waals surface area contributed by atoms with Gasteiger partial charge in [0.15, 0.2) is 0 Å². The minimum absolute atomic E-state index is 0.0883. The Balaban J connectivity index is 0.000000176. The van der Waals surface area contributed by atoms with E-state index in [-0.39, 0.29) is 23.6 Å². The molecule has 3 saturated carbocycles. The van der Waals surface area contributed by atoms with Crippen LogP contribution in [-0.4, -0.2) is 28.4 Å². The predicted octanol–water partition coefficient (Wildman–Crippen LogP) is 6.27. The molecule has 0 radical (unpaired) electrons. The smallest absolute Gasteiger partial charge is 0.302 e. The van der Waals surface area contributed by atoms with Crippen LogP contribution in [0.25, 0.3) is 0 Å². The molecule has 0 aromatic heterocycles. The van der Waals surface area contributed by atoms with Crippen molar-refractivity contribution in [2.24, 2.45) is 17.3 Å². The fourth-order valence-electron chi connectivity index (χ4n) is 7.31. The molecule has 32 heavy (non-hydrogen) atoms. The van der Waals surface area contributed by atoms with Crippen molar-refractivity contribution in [3.63, 3.8) is 0 Å². The Morgan fingerprint density at radius 2 is 1.72 bits per heavy atom. The number of benzene rings is 1. The number of phenols is 1. The molecule has 0 amide bonds. The van der Waals surface area contributed by atoms with Gasteiger partial charge in [0.25, 0.3) is 0 Å². The van der Waals surface area contributed by atoms with Crippen LogP contribution in [0.1, 0.15) is 108 Å². The molecule has 1 aromatic rings. The van der Waals surface area contributed by atoms with Crippen LogP contribution in [0.15, 0.2) is 18.2 Å². The zero-order valence-electron chi connectivity index (χ0n) is 20.0. The summed E-state index contributed by atoms with van der Waals surface area (Å²) in [6.07, 6.45) is 15.5. The van der Waals surface area contributed by atoms with Crippen LogP contribution >= 0.6 is 0 Å². The predicted molar refractivity (Wildman–Crippen MR) is 127 cm³/mol. The molecule has 0 bridgehead atoms. The monoisotopic (exact) mass is 442 g/mol. The molecular weight excluding hydrogens is 400 g/mol. The summed E-state index contributed by atoms with van der Waals surface area (Å²) < 4.78 is 5.19. The highest BCUT2D eigenvalue weighted by Crippen LogP contribution is 2.60. The number of hydrogen-bond acceptors (Lipinski definition) is 4. The molecule has 178 valence electrons. The number of fused-ring (bicyclic) bond motifs is 5. The normalized spacial score (nSPS) is 34.6. The van der Waals surface area contributed by atoms with Crippen molar-refractivity contribution in [2.45, 2.75) is 115 Å². The first-order chi connectivity index (χ1) is 15.4. The number of carbonyl (C=O) groups is 1. The van der Waals surface area contributed by atoms with E-state index in [1.165, 1.54) is 69.4 Å². The summed E-state index contributed by atoms with van der Waals surface area (Å²) in [6, 6.07) is 5.96. The van der Waals surface area contributed by atoms with Gasteiger partial charge in [0, 0.05) is 6.92 Å². The molecule has 2 N–H and O–H groups in total. The molecule has 0 aliphatic heterocycles. The van der Waals surface area contributed by atoms with Crippen molar-refractivity contribution in [1.29, 1.82) is 0 Å². The van der Waals surface area contributed by atoms with Gasteiger partial charge in [-0.25, -0.2) is 0 Å². The SMILES string of the molecule is CC(=O)OC1CCCCCCC1.C[C@]12CC[C@@H]3c4ccc(O)cc4CC[C@H]3[C@@H]1CC[C@@H]2O. The van der Waals surface area contributed by atoms with E-state index in [0.29, 0.717) is 17.6 Å². The zero-order valence-corrected chi connectivity index (χ0v) is 20.0. The first-order valence-corrected chi connectivity index (χ1v) is 13.1. The molecule has 0 saturated heterocycles. The average Bonchev–Trinajstić information content (AvgIpc) is 3.04. The maximum Gasteiger partial charge on any atom is 0.302 e. The van der Waals surface area contributed by atoms with Crippen molar-refractivity contribution < 1.29 is 19.7 Å². The maximum absolute atomic E-state index is 10.7. The first-order valence-electron chi connectivity index (χ1n) is 13.1. The van der Waals surface area contributed by atoms with Crippen molar-refractivity contribution in [3.8, 4) is 5.75 Å². The van der Waals surface area contributed by atoms with E-state index < -0.39 is 0 Å². The van der Waals surface area contributed by atoms with Crippen molar-refractivity contribution in [3.05, 3.63) is 29.3 Å². The fraction of sp³-hybridized carbons (Fsp3) is 0.750. The zero-order chi connectivity index (χ0) is 22.7. The second kappa shape index (κ2) is 10.2. The Morgan fingerprint density at radius 1 is 1.00 bits per heavy atom. The van der Waals surface area contributed by atoms with E-state index in [1.807, 2.05) is 12.1 Å². The number of aromatic hydroxyl groups is 1. The third-order valence-corrected chi connectivity index (χ3v) is 9.04. The molecule has 5 atom stereocenters. The number of aliphatic hydroxyl groups is 1. The van der Waals surface area contributed by atoms with Crippen molar-refractivity contribution in [2.75, 3.05) is 0 Å². The number of esters is 1. The van der Waals surface area contributed by atoms with E-state index in [9.17, 15) is 15.0 Å². The Bertz CT molecular complexity index is 782. The van der Waals surface area contributed by atoms with Gasteiger partial charge >= 0.3 is 5.97 Å². The summed E-state index contributed by atoms with van der Waals surface area (Å²) >= 11 is 0. The number of ether oxygens (including phenoxy) is 1. The summed E-state index contributed by atoms with van der Waals surface area (Å²) in [5, 5.41) is 20.0. The first kappa shape index (κ1) is 23.6. The van der Waals surface area contributed by atoms with Crippen LogP contribution in [0.5, 0.6) is 5.75 Å². The van der Waals surface area contributed by atoms with E-state index in [0.717, 1.165) is 38.0 Å². The highest BCUT2D eigenvalue weighted by atomic mass is 16.5. The molecule has 5 rings (SSSR count). The summed E-state index contributed by atoms with van der Waals surface area (Å²) in [7, 11) is 0. The van der Waals surface area contributed by atoms with Gasteiger partial charge in [-0.3, -0.25) is 4.79 Å². The summed E-state index contributed by atoms with van der Waals surface area (Å²) in [4.78, 5) is 10.7. The molecule has 0 heterocycles. The van der Waals surface area contributed by atoms with Gasteiger partial charge in [-0.1, -0.05) is 32.3 Å². The number of rotatable bonds is 1. The maximum atomic E-state index is 10.7. The fourth-order valence-corrected chi connectivity index (χ4v) is 7.31. The Labute approximate surface area is 193 Å². The number of aliphatic hydroxyl groups excluding tert-OH is 1. The van der Waals surface area contributed by atoms with Gasteiger partial charge in [-0.05, 0) is 111 Å². The number of aryl methyl sites for hydroxylation is 1. The van der Waals surface area contributed by atoms with Crippen LogP contribution in [0.3, 0.4) is 0 Å². The van der Waals surface area contributed by atoms with E-state index >= 15 is 0 Å². The van der Waals surface area contributed by atoms with Gasteiger partial charge in [0.1, 0.15) is 11.9 Å². The van der Waals surface area contributed by atoms with Crippen LogP contribution in [0.2, 0.25) is 0 Å². The topological polar surface area (TPSA) is 66.8 Å². The summed E-state index contributed by atoms with van der Waals surface area (Å²) in [6.45, 7) is 3.82. The van der Waals surface area contributed by atoms with E-state index in [2.05, 4.69) is 13.0 Å². The number of phenolic OH excluding ortho intramolecular Hbond substituents is 1. The van der Waals surface area contributed by atoms with Crippen LogP contribution in [-0.2, 0) is 16.0 Å². The summed E-state index contributed by atoms with van der Waals surface area (Å²) in [5.74, 6) is 2.36. The molecule has 3 fully saturated rings. The molecule has 4 aliphatic carbocycles. The Kier molecular flexibility index (Phi) is 7.49. The largest absolute Gasteiger partial charge is 0.508 e. The minimum atomic E-state index is -0.124. The van der Waals surface area contributed by atoms with Crippen LogP contribution < -0.4 is 0 Å². The molecule has 1 aromatic carbocycles. The van der Waals surface area contributed by atoms with E-state index in [1.54, 1.807) is 0 Å². The second-order valence-electron chi connectivity index (χ2n) is 11.0. The van der Waals surface area contributed by atoms with Crippen LogP contribution in [0, 0.1) is 17.3 Å². The van der Waals surface area contributed by atoms with Crippen molar-refractivity contribution >= 4 is 5.97 Å². The lowest BCUT2D eigenvalue weighted by atomic mass is 9.55. The molecular formula is C28H42O4. The lowest BCUT2D eigenvalue weighted by Crippen LogP contribution is -2.43. The van der Waals surface area contributed by atoms with Gasteiger partial charge < -0.3 is 14.9 Å².